The van der Waals surface area contributed by atoms with E-state index in [-0.39, 0.29) is 0 Å². The van der Waals surface area contributed by atoms with Crippen molar-refractivity contribution in [2.45, 2.75) is 30.8 Å². The molecule has 1 heterocycles. The summed E-state index contributed by atoms with van der Waals surface area (Å²) in [4.78, 5) is 2.72. The van der Waals surface area contributed by atoms with Crippen molar-refractivity contribution in [1.82, 2.24) is 9.62 Å². The van der Waals surface area contributed by atoms with Gasteiger partial charge < -0.3 is 0 Å². The van der Waals surface area contributed by atoms with Crippen LogP contribution in [0, 0.1) is 0 Å². The molecule has 0 radical (unpaired) electrons. The lowest BCUT2D eigenvalue weighted by Crippen LogP contribution is -2.25. The van der Waals surface area contributed by atoms with Gasteiger partial charge in [-0.3, -0.25) is 4.90 Å². The Morgan fingerprint density at radius 2 is 1.48 bits per heavy atom. The predicted molar refractivity (Wildman–Crippen MR) is 91.4 cm³/mol. The van der Waals surface area contributed by atoms with E-state index in [2.05, 4.69) is 15.7 Å². The Labute approximate surface area is 138 Å². The van der Waals surface area contributed by atoms with Crippen molar-refractivity contribution in [3.8, 4) is 0 Å². The fraction of sp³-hybridized carbons (Fsp3) is 0.333. The van der Waals surface area contributed by atoms with Crippen molar-refractivity contribution in [3.05, 3.63) is 65.7 Å². The third kappa shape index (κ3) is 4.19. The van der Waals surface area contributed by atoms with Crippen LogP contribution in [0.2, 0.25) is 0 Å². The zero-order valence-corrected chi connectivity index (χ0v) is 13.9. The lowest BCUT2D eigenvalue weighted by molar-refractivity contribution is 0.330. The molecule has 0 amide bonds. The molecule has 3 rings (SSSR count). The van der Waals surface area contributed by atoms with Crippen LogP contribution in [-0.2, 0) is 23.1 Å². The molecule has 2 aromatic carbocycles. The second-order valence-corrected chi connectivity index (χ2v) is 7.66. The molecule has 0 atom stereocenters. The summed E-state index contributed by atoms with van der Waals surface area (Å²) in [5.41, 5.74) is 2.24. The van der Waals surface area contributed by atoms with Gasteiger partial charge in [-0.25, -0.2) is 13.1 Å². The molecule has 1 aliphatic heterocycles. The molecule has 0 aromatic heterocycles. The van der Waals surface area contributed by atoms with Gasteiger partial charge in [-0.1, -0.05) is 42.5 Å². The molecule has 0 spiro atoms. The van der Waals surface area contributed by atoms with Gasteiger partial charge in [0.1, 0.15) is 0 Å². The third-order valence-corrected chi connectivity index (χ3v) is 5.63. The first-order valence-corrected chi connectivity index (χ1v) is 9.47. The van der Waals surface area contributed by atoms with Crippen molar-refractivity contribution in [1.29, 1.82) is 0 Å². The van der Waals surface area contributed by atoms with E-state index in [1.807, 2.05) is 24.3 Å². The molecule has 2 aromatic rings. The second-order valence-electron chi connectivity index (χ2n) is 5.89. The number of rotatable bonds is 6. The van der Waals surface area contributed by atoms with Crippen LogP contribution < -0.4 is 4.72 Å². The maximum atomic E-state index is 12.3. The first-order chi connectivity index (χ1) is 11.1. The van der Waals surface area contributed by atoms with E-state index in [1.165, 1.54) is 18.4 Å². The molecule has 4 nitrogen and oxygen atoms in total. The van der Waals surface area contributed by atoms with E-state index in [9.17, 15) is 8.42 Å². The largest absolute Gasteiger partial charge is 0.299 e. The monoisotopic (exact) mass is 330 g/mol. The smallest absolute Gasteiger partial charge is 0.240 e. The molecule has 5 heteroatoms. The van der Waals surface area contributed by atoms with Crippen LogP contribution >= 0.6 is 0 Å². The number of nitrogens with zero attached hydrogens (tertiary/aromatic N) is 1. The summed E-state index contributed by atoms with van der Waals surface area (Å²) < 4.78 is 27.4. The Hall–Kier alpha value is -1.69. The molecule has 1 aliphatic rings. The lowest BCUT2D eigenvalue weighted by Gasteiger charge is -2.17. The first-order valence-electron chi connectivity index (χ1n) is 7.99. The average molecular weight is 330 g/mol. The minimum Gasteiger partial charge on any atom is -0.299 e. The SMILES string of the molecule is O=S(=O)(NCc1ccccc1CN1CCCC1)c1ccccc1. The fourth-order valence-corrected chi connectivity index (χ4v) is 3.95. The molecule has 1 N–H and O–H groups in total. The number of benzene rings is 2. The number of sulfonamides is 1. The second kappa shape index (κ2) is 7.25. The lowest BCUT2D eigenvalue weighted by atomic mass is 10.1. The summed E-state index contributed by atoms with van der Waals surface area (Å²) in [6.07, 6.45) is 2.51. The van der Waals surface area contributed by atoms with Crippen molar-refractivity contribution in [2.24, 2.45) is 0 Å². The molecule has 23 heavy (non-hydrogen) atoms. The maximum absolute atomic E-state index is 12.3. The van der Waals surface area contributed by atoms with E-state index in [4.69, 9.17) is 0 Å². The van der Waals surface area contributed by atoms with Crippen LogP contribution in [-0.4, -0.2) is 26.4 Å². The first kappa shape index (κ1) is 16.2. The van der Waals surface area contributed by atoms with Crippen LogP contribution in [0.1, 0.15) is 24.0 Å². The Morgan fingerprint density at radius 1 is 0.870 bits per heavy atom. The third-order valence-electron chi connectivity index (χ3n) is 4.22. The van der Waals surface area contributed by atoms with Gasteiger partial charge in [0, 0.05) is 13.1 Å². The minimum absolute atomic E-state index is 0.303. The van der Waals surface area contributed by atoms with Gasteiger partial charge in [0.25, 0.3) is 0 Å². The van der Waals surface area contributed by atoms with Crippen molar-refractivity contribution >= 4 is 10.0 Å². The number of hydrogen-bond donors (Lipinski definition) is 1. The van der Waals surface area contributed by atoms with E-state index in [0.29, 0.717) is 11.4 Å². The summed E-state index contributed by atoms with van der Waals surface area (Å²) in [5.74, 6) is 0. The Morgan fingerprint density at radius 3 is 2.17 bits per heavy atom. The van der Waals surface area contributed by atoms with Gasteiger partial charge >= 0.3 is 0 Å². The minimum atomic E-state index is -3.47. The van der Waals surface area contributed by atoms with Crippen molar-refractivity contribution in [3.63, 3.8) is 0 Å². The highest BCUT2D eigenvalue weighted by Gasteiger charge is 2.16. The summed E-state index contributed by atoms with van der Waals surface area (Å²) in [7, 11) is -3.47. The molecule has 0 saturated carbocycles. The highest BCUT2D eigenvalue weighted by molar-refractivity contribution is 7.89. The fourth-order valence-electron chi connectivity index (χ4n) is 2.92. The van der Waals surface area contributed by atoms with E-state index in [1.54, 1.807) is 24.3 Å². The molecular formula is C18H22N2O2S. The molecule has 0 bridgehead atoms. The van der Waals surface area contributed by atoms with Gasteiger partial charge in [0.2, 0.25) is 10.0 Å². The highest BCUT2D eigenvalue weighted by Crippen LogP contribution is 2.17. The van der Waals surface area contributed by atoms with Crippen LogP contribution in [0.3, 0.4) is 0 Å². The zero-order valence-electron chi connectivity index (χ0n) is 13.1. The molecular weight excluding hydrogens is 308 g/mol. The Balaban J connectivity index is 1.70. The van der Waals surface area contributed by atoms with Crippen molar-refractivity contribution < 1.29 is 8.42 Å². The predicted octanol–water partition coefficient (Wildman–Crippen LogP) is 2.76. The van der Waals surface area contributed by atoms with Crippen LogP contribution in [0.15, 0.2) is 59.5 Å². The van der Waals surface area contributed by atoms with E-state index >= 15 is 0 Å². The van der Waals surface area contributed by atoms with Gasteiger partial charge in [-0.05, 0) is 49.2 Å². The van der Waals surface area contributed by atoms with Crippen LogP contribution in [0.25, 0.3) is 0 Å². The quantitative estimate of drug-likeness (QED) is 0.886. The summed E-state index contributed by atoms with van der Waals surface area (Å²) in [5, 5.41) is 0. The summed E-state index contributed by atoms with van der Waals surface area (Å²) in [6, 6.07) is 16.6. The average Bonchev–Trinajstić information content (AvgIpc) is 3.08. The van der Waals surface area contributed by atoms with Crippen molar-refractivity contribution in [2.75, 3.05) is 13.1 Å². The topological polar surface area (TPSA) is 49.4 Å². The molecule has 0 aliphatic carbocycles. The van der Waals surface area contributed by atoms with Crippen LogP contribution in [0.5, 0.6) is 0 Å². The van der Waals surface area contributed by atoms with Gasteiger partial charge in [-0.2, -0.15) is 0 Å². The number of likely N-dealkylation sites (tertiary alicyclic amines) is 1. The highest BCUT2D eigenvalue weighted by atomic mass is 32.2. The Kier molecular flexibility index (Phi) is 5.10. The zero-order chi connectivity index (χ0) is 16.1. The normalized spacial score (nSPS) is 15.8. The maximum Gasteiger partial charge on any atom is 0.240 e. The molecule has 0 unspecified atom stereocenters. The van der Waals surface area contributed by atoms with E-state index in [0.717, 1.165) is 25.2 Å². The van der Waals surface area contributed by atoms with E-state index < -0.39 is 10.0 Å². The van der Waals surface area contributed by atoms with Crippen LogP contribution in [0.4, 0.5) is 0 Å². The number of hydrogen-bond acceptors (Lipinski definition) is 3. The molecule has 122 valence electrons. The standard InChI is InChI=1S/C18H22N2O2S/c21-23(22,18-10-2-1-3-11-18)19-14-16-8-4-5-9-17(16)15-20-12-6-7-13-20/h1-5,8-11,19H,6-7,12-15H2. The van der Waals surface area contributed by atoms with Gasteiger partial charge in [0.15, 0.2) is 0 Å². The van der Waals surface area contributed by atoms with Gasteiger partial charge in [-0.15, -0.1) is 0 Å². The summed E-state index contributed by atoms with van der Waals surface area (Å²) in [6.45, 7) is 3.47. The van der Waals surface area contributed by atoms with Gasteiger partial charge in [0.05, 0.1) is 4.90 Å². The molecule has 1 saturated heterocycles. The Bertz CT molecular complexity index is 739. The number of nitrogens with one attached hydrogen (secondary N) is 1. The summed E-state index contributed by atoms with van der Waals surface area (Å²) >= 11 is 0. The molecule has 1 fully saturated rings.